The average molecular weight is 340 g/mol. The quantitative estimate of drug-likeness (QED) is 0.489. The molecule has 0 amide bonds. The van der Waals surface area contributed by atoms with Gasteiger partial charge in [0.2, 0.25) is 0 Å². The van der Waals surface area contributed by atoms with Crippen molar-refractivity contribution >= 4 is 11.9 Å². The van der Waals surface area contributed by atoms with Crippen molar-refractivity contribution in [3.8, 4) is 0 Å². The number of piperidine rings is 1. The molecule has 0 aromatic rings. The maximum atomic E-state index is 12.0. The fourth-order valence-electron chi connectivity index (χ4n) is 3.80. The Kier molecular flexibility index (Phi) is 8.20. The van der Waals surface area contributed by atoms with Gasteiger partial charge < -0.3 is 20.0 Å². The first-order valence-electron chi connectivity index (χ1n) is 9.28. The van der Waals surface area contributed by atoms with Crippen LogP contribution in [0.4, 0.5) is 0 Å². The third kappa shape index (κ3) is 9.26. The lowest BCUT2D eigenvalue weighted by Gasteiger charge is -2.45. The van der Waals surface area contributed by atoms with Gasteiger partial charge in [0.05, 0.1) is 0 Å². The van der Waals surface area contributed by atoms with Crippen molar-refractivity contribution in [2.75, 3.05) is 0 Å². The molecule has 0 aliphatic carbocycles. The Hall–Kier alpha value is -1.10. The molecule has 0 aromatic heterocycles. The van der Waals surface area contributed by atoms with Crippen LogP contribution in [0.2, 0.25) is 0 Å². The van der Waals surface area contributed by atoms with Gasteiger partial charge in [-0.3, -0.25) is 4.79 Å². The van der Waals surface area contributed by atoms with Gasteiger partial charge in [-0.1, -0.05) is 25.7 Å². The Bertz CT molecular complexity index is 402. The highest BCUT2D eigenvalue weighted by atomic mass is 16.5. The van der Waals surface area contributed by atoms with E-state index in [0.717, 1.165) is 44.9 Å². The smallest absolute Gasteiger partial charge is 0.306 e. The number of ether oxygens (including phenoxy) is 1. The number of carboxylic acids is 1. The molecule has 0 unspecified atom stereocenters. The molecule has 24 heavy (non-hydrogen) atoms. The van der Waals surface area contributed by atoms with Gasteiger partial charge in [-0.15, -0.1) is 0 Å². The fraction of sp³-hybridized carbons (Fsp3) is 0.895. The van der Waals surface area contributed by atoms with Gasteiger partial charge in [0.25, 0.3) is 0 Å². The standard InChI is InChI=1S/C19H35NO4/c1-18(2)13-15(14-19(3,4)20-18)24-17(23)12-10-8-6-5-7-9-11-16(21)22/h15,20H,5-14H2,1-4H3,(H,21,22)/p-1. The third-order valence-electron chi connectivity index (χ3n) is 4.46. The fourth-order valence-corrected chi connectivity index (χ4v) is 3.80. The largest absolute Gasteiger partial charge is 0.550 e. The molecule has 1 saturated heterocycles. The van der Waals surface area contributed by atoms with Crippen molar-refractivity contribution < 1.29 is 19.4 Å². The molecule has 1 aliphatic heterocycles. The second-order valence-corrected chi connectivity index (χ2v) is 8.41. The summed E-state index contributed by atoms with van der Waals surface area (Å²) < 4.78 is 5.68. The van der Waals surface area contributed by atoms with Crippen molar-refractivity contribution in [1.82, 2.24) is 5.32 Å². The number of unbranched alkanes of at least 4 members (excludes halogenated alkanes) is 5. The van der Waals surface area contributed by atoms with Crippen LogP contribution in [-0.4, -0.2) is 29.1 Å². The minimum Gasteiger partial charge on any atom is -0.550 e. The van der Waals surface area contributed by atoms with Crippen molar-refractivity contribution in [3.63, 3.8) is 0 Å². The molecule has 5 nitrogen and oxygen atoms in total. The summed E-state index contributed by atoms with van der Waals surface area (Å²) in [6.07, 6.45) is 7.80. The summed E-state index contributed by atoms with van der Waals surface area (Å²) in [4.78, 5) is 22.3. The number of carbonyl (C=O) groups is 2. The lowest BCUT2D eigenvalue weighted by molar-refractivity contribution is -0.305. The van der Waals surface area contributed by atoms with Gasteiger partial charge in [-0.05, 0) is 47.0 Å². The Morgan fingerprint density at radius 1 is 0.917 bits per heavy atom. The maximum Gasteiger partial charge on any atom is 0.306 e. The maximum absolute atomic E-state index is 12.0. The molecule has 140 valence electrons. The van der Waals surface area contributed by atoms with Crippen molar-refractivity contribution in [2.24, 2.45) is 0 Å². The molecule has 0 aromatic carbocycles. The number of nitrogens with one attached hydrogen (secondary N) is 1. The van der Waals surface area contributed by atoms with E-state index in [1.54, 1.807) is 0 Å². The average Bonchev–Trinajstić information content (AvgIpc) is 2.37. The van der Waals surface area contributed by atoms with Gasteiger partial charge in [-0.25, -0.2) is 0 Å². The minimum absolute atomic E-state index is 0.00613. The summed E-state index contributed by atoms with van der Waals surface area (Å²) in [5.74, 6) is -1.06. The van der Waals surface area contributed by atoms with E-state index in [4.69, 9.17) is 4.74 Å². The van der Waals surface area contributed by atoms with Crippen LogP contribution >= 0.6 is 0 Å². The SMILES string of the molecule is CC1(C)CC(OC(=O)CCCCCCCCC(=O)[O-])CC(C)(C)N1. The Balaban J connectivity index is 2.12. The number of rotatable bonds is 10. The molecule has 0 saturated carbocycles. The van der Waals surface area contributed by atoms with Crippen LogP contribution in [0.1, 0.15) is 91.9 Å². The Morgan fingerprint density at radius 3 is 1.88 bits per heavy atom. The second-order valence-electron chi connectivity index (χ2n) is 8.41. The van der Waals surface area contributed by atoms with E-state index in [2.05, 4.69) is 33.0 Å². The van der Waals surface area contributed by atoms with Crippen LogP contribution in [0.3, 0.4) is 0 Å². The van der Waals surface area contributed by atoms with Crippen molar-refractivity contribution in [1.29, 1.82) is 0 Å². The lowest BCUT2D eigenvalue weighted by Crippen LogP contribution is -2.59. The number of carboxylic acid groups (broad SMARTS) is 1. The van der Waals surface area contributed by atoms with Crippen LogP contribution in [-0.2, 0) is 14.3 Å². The Labute approximate surface area is 146 Å². The monoisotopic (exact) mass is 340 g/mol. The first kappa shape index (κ1) is 20.9. The highest BCUT2D eigenvalue weighted by molar-refractivity contribution is 5.69. The summed E-state index contributed by atoms with van der Waals surface area (Å²) in [6, 6.07) is 0. The summed E-state index contributed by atoms with van der Waals surface area (Å²) in [5, 5.41) is 13.9. The van der Waals surface area contributed by atoms with E-state index in [0.29, 0.717) is 12.8 Å². The predicted molar refractivity (Wildman–Crippen MR) is 92.4 cm³/mol. The molecule has 0 spiro atoms. The molecule has 0 atom stereocenters. The summed E-state index contributed by atoms with van der Waals surface area (Å²) in [7, 11) is 0. The van der Waals surface area contributed by atoms with E-state index >= 15 is 0 Å². The number of esters is 1. The van der Waals surface area contributed by atoms with E-state index in [1.807, 2.05) is 0 Å². The first-order chi connectivity index (χ1) is 11.1. The molecular formula is C19H34NO4-. The van der Waals surface area contributed by atoms with Crippen molar-refractivity contribution in [3.05, 3.63) is 0 Å². The van der Waals surface area contributed by atoms with E-state index in [9.17, 15) is 14.7 Å². The molecule has 0 radical (unpaired) electrons. The summed E-state index contributed by atoms with van der Waals surface area (Å²) >= 11 is 0. The van der Waals surface area contributed by atoms with Gasteiger partial charge in [-0.2, -0.15) is 0 Å². The molecule has 0 bridgehead atoms. The molecule has 1 aliphatic rings. The zero-order chi connectivity index (χ0) is 18.2. The number of carbonyl (C=O) groups excluding carboxylic acids is 2. The Morgan fingerprint density at radius 2 is 1.38 bits per heavy atom. The molecule has 1 N–H and O–H groups in total. The number of aliphatic carboxylic acids is 1. The van der Waals surface area contributed by atoms with Crippen LogP contribution < -0.4 is 10.4 Å². The van der Waals surface area contributed by atoms with E-state index in [1.165, 1.54) is 0 Å². The predicted octanol–water partition coefficient (Wildman–Crippen LogP) is 2.71. The highest BCUT2D eigenvalue weighted by Gasteiger charge is 2.39. The van der Waals surface area contributed by atoms with Gasteiger partial charge in [0.1, 0.15) is 6.10 Å². The van der Waals surface area contributed by atoms with Crippen molar-refractivity contribution in [2.45, 2.75) is 109 Å². The number of hydrogen-bond donors (Lipinski definition) is 1. The topological polar surface area (TPSA) is 78.5 Å². The third-order valence-corrected chi connectivity index (χ3v) is 4.46. The first-order valence-corrected chi connectivity index (χ1v) is 9.28. The second kappa shape index (κ2) is 9.40. The summed E-state index contributed by atoms with van der Waals surface area (Å²) in [6.45, 7) is 8.59. The van der Waals surface area contributed by atoms with Crippen LogP contribution in [0.15, 0.2) is 0 Å². The zero-order valence-electron chi connectivity index (χ0n) is 15.8. The minimum atomic E-state index is -0.970. The molecule has 5 heteroatoms. The highest BCUT2D eigenvalue weighted by Crippen LogP contribution is 2.30. The van der Waals surface area contributed by atoms with Crippen LogP contribution in [0.25, 0.3) is 0 Å². The lowest BCUT2D eigenvalue weighted by atomic mass is 9.81. The summed E-state index contributed by atoms with van der Waals surface area (Å²) in [5.41, 5.74) is -0.0314. The van der Waals surface area contributed by atoms with Gasteiger partial charge in [0, 0.05) is 36.3 Å². The molecule has 1 fully saturated rings. The van der Waals surface area contributed by atoms with E-state index < -0.39 is 5.97 Å². The molecule has 1 heterocycles. The van der Waals surface area contributed by atoms with Gasteiger partial charge in [0.15, 0.2) is 0 Å². The molecule has 1 rings (SSSR count). The van der Waals surface area contributed by atoms with Gasteiger partial charge >= 0.3 is 5.97 Å². The van der Waals surface area contributed by atoms with Crippen LogP contribution in [0, 0.1) is 0 Å². The van der Waals surface area contributed by atoms with E-state index in [-0.39, 0.29) is 29.6 Å². The van der Waals surface area contributed by atoms with Crippen LogP contribution in [0.5, 0.6) is 0 Å². The zero-order valence-corrected chi connectivity index (χ0v) is 15.8. The molecular weight excluding hydrogens is 306 g/mol. The normalized spacial score (nSPS) is 19.8. The number of hydrogen-bond acceptors (Lipinski definition) is 5.